The fourth-order valence-electron chi connectivity index (χ4n) is 3.26. The Bertz CT molecular complexity index is 1360. The molecular formula is C23H18F6N4O2. The Balaban J connectivity index is 1.64. The number of alkyl halides is 6. The molecule has 184 valence electrons. The molecule has 0 spiro atoms. The number of nitrogens with one attached hydrogen (secondary N) is 1. The highest BCUT2D eigenvalue weighted by atomic mass is 19.4. The van der Waals surface area contributed by atoms with Crippen LogP contribution in [0, 0.1) is 0 Å². The lowest BCUT2D eigenvalue weighted by Gasteiger charge is -2.20. The van der Waals surface area contributed by atoms with Crippen LogP contribution in [0.15, 0.2) is 53.6 Å². The summed E-state index contributed by atoms with van der Waals surface area (Å²) < 4.78 is 88.6. The van der Waals surface area contributed by atoms with Crippen molar-refractivity contribution >= 4 is 11.0 Å². The quantitative estimate of drug-likeness (QED) is 0.226. The van der Waals surface area contributed by atoms with Gasteiger partial charge in [-0.3, -0.25) is 0 Å². The SMILES string of the molecule is C=CCCc1nc2ccc(-c3noc(-c4ccc(OC(C)C(F)(F)F)c(C(F)(F)F)c4)n3)cc2[nH]1. The van der Waals surface area contributed by atoms with Crippen LogP contribution in [0.1, 0.15) is 24.7 Å². The van der Waals surface area contributed by atoms with Gasteiger partial charge in [-0.2, -0.15) is 31.3 Å². The third kappa shape index (κ3) is 5.31. The molecule has 0 radical (unpaired) electrons. The van der Waals surface area contributed by atoms with E-state index in [2.05, 4.69) is 31.4 Å². The first kappa shape index (κ1) is 24.3. The molecule has 0 bridgehead atoms. The lowest BCUT2D eigenvalue weighted by molar-refractivity contribution is -0.191. The molecular weight excluding hydrogens is 478 g/mol. The lowest BCUT2D eigenvalue weighted by Crippen LogP contribution is -2.31. The maximum Gasteiger partial charge on any atom is 0.425 e. The van der Waals surface area contributed by atoms with Crippen LogP contribution in [-0.2, 0) is 12.6 Å². The van der Waals surface area contributed by atoms with E-state index in [1.165, 1.54) is 0 Å². The van der Waals surface area contributed by atoms with Crippen LogP contribution < -0.4 is 4.74 Å². The maximum absolute atomic E-state index is 13.5. The van der Waals surface area contributed by atoms with Crippen molar-refractivity contribution in [1.29, 1.82) is 0 Å². The van der Waals surface area contributed by atoms with Gasteiger partial charge in [-0.15, -0.1) is 6.58 Å². The second-order valence-corrected chi connectivity index (χ2v) is 7.68. The molecule has 0 fully saturated rings. The van der Waals surface area contributed by atoms with E-state index in [4.69, 9.17) is 4.52 Å². The van der Waals surface area contributed by atoms with Crippen LogP contribution in [0.3, 0.4) is 0 Å². The molecule has 1 atom stereocenters. The lowest BCUT2D eigenvalue weighted by atomic mass is 10.1. The highest BCUT2D eigenvalue weighted by molar-refractivity contribution is 5.80. The minimum atomic E-state index is -4.98. The van der Waals surface area contributed by atoms with E-state index < -0.39 is 29.8 Å². The molecule has 0 aliphatic rings. The van der Waals surface area contributed by atoms with E-state index in [0.29, 0.717) is 30.5 Å². The minimum absolute atomic E-state index is 0.115. The summed E-state index contributed by atoms with van der Waals surface area (Å²) in [7, 11) is 0. The van der Waals surface area contributed by atoms with Gasteiger partial charge < -0.3 is 14.2 Å². The molecule has 0 aliphatic heterocycles. The first-order valence-electron chi connectivity index (χ1n) is 10.3. The zero-order valence-corrected chi connectivity index (χ0v) is 18.2. The number of rotatable bonds is 7. The Labute approximate surface area is 194 Å². The first-order chi connectivity index (χ1) is 16.5. The second-order valence-electron chi connectivity index (χ2n) is 7.68. The van der Waals surface area contributed by atoms with Gasteiger partial charge in [0.2, 0.25) is 5.82 Å². The molecule has 12 heteroatoms. The smallest absolute Gasteiger partial charge is 0.425 e. The molecule has 0 amide bonds. The van der Waals surface area contributed by atoms with Gasteiger partial charge >= 0.3 is 12.4 Å². The Morgan fingerprint density at radius 1 is 1.06 bits per heavy atom. The molecule has 6 nitrogen and oxygen atoms in total. The number of allylic oxidation sites excluding steroid dienone is 1. The van der Waals surface area contributed by atoms with E-state index in [1.807, 2.05) is 0 Å². The number of ether oxygens (including phenoxy) is 1. The summed E-state index contributed by atoms with van der Waals surface area (Å²) in [5, 5.41) is 3.83. The van der Waals surface area contributed by atoms with Gasteiger partial charge in [-0.1, -0.05) is 11.2 Å². The average molecular weight is 496 g/mol. The second kappa shape index (κ2) is 9.08. The third-order valence-corrected chi connectivity index (χ3v) is 5.10. The molecule has 2 heterocycles. The summed E-state index contributed by atoms with van der Waals surface area (Å²) in [5.74, 6) is -0.309. The van der Waals surface area contributed by atoms with Crippen molar-refractivity contribution in [1.82, 2.24) is 20.1 Å². The van der Waals surface area contributed by atoms with Crippen molar-refractivity contribution in [2.45, 2.75) is 38.2 Å². The summed E-state index contributed by atoms with van der Waals surface area (Å²) in [6.07, 6.45) is -9.03. The number of aromatic amines is 1. The number of aryl methyl sites for hydroxylation is 1. The van der Waals surface area contributed by atoms with Gasteiger partial charge in [-0.25, -0.2) is 4.98 Å². The number of halogens is 6. The molecule has 4 aromatic rings. The summed E-state index contributed by atoms with van der Waals surface area (Å²) >= 11 is 0. The highest BCUT2D eigenvalue weighted by Crippen LogP contribution is 2.40. The standard InChI is InChI=1S/C23H18F6N4O2/c1-3-4-5-19-30-16-8-6-13(11-17(16)31-19)20-32-21(35-33-20)14-7-9-18(15(10-14)23(27,28)29)34-12(2)22(24,25)26/h3,6-12H,1,4-5H2,2H3,(H,30,31). The van der Waals surface area contributed by atoms with Crippen molar-refractivity contribution in [2.75, 3.05) is 0 Å². The predicted octanol–water partition coefficient (Wildman–Crippen LogP) is 6.75. The number of hydrogen-bond donors (Lipinski definition) is 1. The van der Waals surface area contributed by atoms with Gasteiger partial charge in [0.1, 0.15) is 11.6 Å². The van der Waals surface area contributed by atoms with Gasteiger partial charge in [0.15, 0.2) is 6.10 Å². The monoisotopic (exact) mass is 496 g/mol. The van der Waals surface area contributed by atoms with E-state index in [0.717, 1.165) is 29.9 Å². The number of benzene rings is 2. The molecule has 1 unspecified atom stereocenters. The fraction of sp³-hybridized carbons (Fsp3) is 0.261. The Morgan fingerprint density at radius 3 is 2.49 bits per heavy atom. The largest absolute Gasteiger partial charge is 0.481 e. The highest BCUT2D eigenvalue weighted by Gasteiger charge is 2.41. The van der Waals surface area contributed by atoms with E-state index in [1.54, 1.807) is 24.3 Å². The molecule has 0 saturated carbocycles. The van der Waals surface area contributed by atoms with Gasteiger partial charge in [0.25, 0.3) is 5.89 Å². The summed E-state index contributed by atoms with van der Waals surface area (Å²) in [4.78, 5) is 11.8. The van der Waals surface area contributed by atoms with Crippen molar-refractivity contribution in [3.8, 4) is 28.6 Å². The summed E-state index contributed by atoms with van der Waals surface area (Å²) in [5.41, 5.74) is 0.443. The number of aromatic nitrogens is 4. The van der Waals surface area contributed by atoms with Crippen molar-refractivity contribution in [2.24, 2.45) is 0 Å². The fourth-order valence-corrected chi connectivity index (χ4v) is 3.26. The molecule has 4 rings (SSSR count). The van der Waals surface area contributed by atoms with Gasteiger partial charge in [-0.05, 0) is 49.7 Å². The molecule has 2 aromatic carbocycles. The zero-order valence-electron chi connectivity index (χ0n) is 18.2. The molecule has 35 heavy (non-hydrogen) atoms. The minimum Gasteiger partial charge on any atom is -0.481 e. The first-order valence-corrected chi connectivity index (χ1v) is 10.3. The number of imidazole rings is 1. The Kier molecular flexibility index (Phi) is 6.30. The van der Waals surface area contributed by atoms with E-state index in [-0.39, 0.29) is 17.3 Å². The molecule has 0 aliphatic carbocycles. The number of fused-ring (bicyclic) bond motifs is 1. The normalized spacial score (nSPS) is 13.2. The van der Waals surface area contributed by atoms with Crippen LogP contribution in [-0.4, -0.2) is 32.4 Å². The van der Waals surface area contributed by atoms with Crippen LogP contribution in [0.5, 0.6) is 5.75 Å². The van der Waals surface area contributed by atoms with Gasteiger partial charge in [0.05, 0.1) is 16.6 Å². The molecule has 0 saturated heterocycles. The Hall–Kier alpha value is -3.83. The topological polar surface area (TPSA) is 76.8 Å². The van der Waals surface area contributed by atoms with Crippen molar-refractivity contribution < 1.29 is 35.6 Å². The Morgan fingerprint density at radius 2 is 1.80 bits per heavy atom. The molecule has 1 N–H and O–H groups in total. The predicted molar refractivity (Wildman–Crippen MR) is 114 cm³/mol. The maximum atomic E-state index is 13.5. The number of nitrogens with zero attached hydrogens (tertiary/aromatic N) is 3. The average Bonchev–Trinajstić information content (AvgIpc) is 3.43. The molecule has 2 aromatic heterocycles. The van der Waals surface area contributed by atoms with Crippen LogP contribution in [0.2, 0.25) is 0 Å². The van der Waals surface area contributed by atoms with Crippen molar-refractivity contribution in [3.05, 3.63) is 60.4 Å². The summed E-state index contributed by atoms with van der Waals surface area (Å²) in [6, 6.07) is 7.68. The number of hydrogen-bond acceptors (Lipinski definition) is 5. The summed E-state index contributed by atoms with van der Waals surface area (Å²) in [6.45, 7) is 4.30. The van der Waals surface area contributed by atoms with Crippen molar-refractivity contribution in [3.63, 3.8) is 0 Å². The van der Waals surface area contributed by atoms with Crippen LogP contribution in [0.25, 0.3) is 33.9 Å². The van der Waals surface area contributed by atoms with E-state index in [9.17, 15) is 26.3 Å². The van der Waals surface area contributed by atoms with Crippen LogP contribution >= 0.6 is 0 Å². The van der Waals surface area contributed by atoms with Crippen LogP contribution in [0.4, 0.5) is 26.3 Å². The zero-order chi connectivity index (χ0) is 25.4. The number of H-pyrrole nitrogens is 1. The third-order valence-electron chi connectivity index (χ3n) is 5.10. The van der Waals surface area contributed by atoms with Gasteiger partial charge in [0, 0.05) is 17.5 Å². The van der Waals surface area contributed by atoms with E-state index >= 15 is 0 Å².